The molecule has 0 radical (unpaired) electrons. The molecule has 8 heteroatoms. The van der Waals surface area contributed by atoms with E-state index in [0.29, 0.717) is 18.7 Å². The van der Waals surface area contributed by atoms with Crippen molar-refractivity contribution in [3.05, 3.63) is 59.7 Å². The zero-order chi connectivity index (χ0) is 22.2. The maximum Gasteiger partial charge on any atom is 0.416 e. The van der Waals surface area contributed by atoms with E-state index < -0.39 is 23.8 Å². The van der Waals surface area contributed by atoms with E-state index in [1.807, 2.05) is 24.3 Å². The van der Waals surface area contributed by atoms with Crippen molar-refractivity contribution in [1.29, 1.82) is 0 Å². The number of piperazine rings is 1. The number of para-hydroxylation sites is 1. The zero-order valence-corrected chi connectivity index (χ0v) is 17.3. The average molecular weight is 433 g/mol. The van der Waals surface area contributed by atoms with Crippen LogP contribution < -0.4 is 9.80 Å². The number of alkyl halides is 3. The average Bonchev–Trinajstić information content (AvgIpc) is 3.14. The first kappa shape index (κ1) is 21.6. The molecule has 0 bridgehead atoms. The minimum absolute atomic E-state index is 0.263. The van der Waals surface area contributed by atoms with Crippen molar-refractivity contribution < 1.29 is 23.1 Å². The Balaban J connectivity index is 1.52. The van der Waals surface area contributed by atoms with Crippen LogP contribution in [-0.2, 0) is 11.0 Å². The first-order chi connectivity index (χ1) is 14.8. The second-order valence-corrected chi connectivity index (χ2v) is 8.22. The topological polar surface area (TPSA) is 47.0 Å². The number of aliphatic hydroxyl groups excluding tert-OH is 1. The first-order valence-corrected chi connectivity index (χ1v) is 10.4. The number of benzene rings is 2. The summed E-state index contributed by atoms with van der Waals surface area (Å²) in [5.74, 6) is -0.892. The SMILES string of the molecule is CN1CCN(c2ccccc2C(O)C2CCN(c3ccc(C(F)(F)F)cc3)C2=O)CC1. The van der Waals surface area contributed by atoms with Crippen molar-refractivity contribution in [2.45, 2.75) is 18.7 Å². The number of aliphatic hydroxyl groups is 1. The van der Waals surface area contributed by atoms with Gasteiger partial charge < -0.3 is 19.8 Å². The Morgan fingerprint density at radius 1 is 0.968 bits per heavy atom. The van der Waals surface area contributed by atoms with Gasteiger partial charge in [0.2, 0.25) is 5.91 Å². The molecular weight excluding hydrogens is 407 g/mol. The normalized spacial score (nSPS) is 21.6. The molecule has 0 aromatic heterocycles. The van der Waals surface area contributed by atoms with Gasteiger partial charge in [0.1, 0.15) is 0 Å². The van der Waals surface area contributed by atoms with E-state index in [2.05, 4.69) is 16.8 Å². The molecule has 2 fully saturated rings. The van der Waals surface area contributed by atoms with Crippen molar-refractivity contribution in [2.75, 3.05) is 49.6 Å². The first-order valence-electron chi connectivity index (χ1n) is 10.4. The van der Waals surface area contributed by atoms with Crippen LogP contribution in [0.25, 0.3) is 0 Å². The molecule has 4 rings (SSSR count). The number of amides is 1. The van der Waals surface area contributed by atoms with Gasteiger partial charge in [-0.3, -0.25) is 4.79 Å². The van der Waals surface area contributed by atoms with E-state index in [9.17, 15) is 23.1 Å². The fraction of sp³-hybridized carbons (Fsp3) is 0.435. The van der Waals surface area contributed by atoms with Gasteiger partial charge in [-0.25, -0.2) is 0 Å². The molecule has 2 saturated heterocycles. The monoisotopic (exact) mass is 433 g/mol. The number of rotatable bonds is 4. The molecule has 2 aliphatic rings. The number of nitrogens with zero attached hydrogens (tertiary/aromatic N) is 3. The van der Waals surface area contributed by atoms with Crippen LogP contribution in [0.3, 0.4) is 0 Å². The Morgan fingerprint density at radius 3 is 2.26 bits per heavy atom. The third-order valence-corrected chi connectivity index (χ3v) is 6.23. The Morgan fingerprint density at radius 2 is 1.61 bits per heavy atom. The van der Waals surface area contributed by atoms with Crippen molar-refractivity contribution in [3.8, 4) is 0 Å². The molecule has 2 aromatic carbocycles. The standard InChI is InChI=1S/C23H26F3N3O2/c1-27-12-14-28(15-13-27)20-5-3-2-4-18(20)21(30)19-10-11-29(22(19)31)17-8-6-16(7-9-17)23(24,25)26/h2-9,19,21,30H,10-15H2,1H3. The van der Waals surface area contributed by atoms with Crippen molar-refractivity contribution in [3.63, 3.8) is 0 Å². The predicted octanol–water partition coefficient (Wildman–Crippen LogP) is 3.54. The molecular formula is C23H26F3N3O2. The van der Waals surface area contributed by atoms with Crippen LogP contribution >= 0.6 is 0 Å². The maximum atomic E-state index is 13.1. The molecule has 166 valence electrons. The molecule has 1 N–H and O–H groups in total. The van der Waals surface area contributed by atoms with Gasteiger partial charge in [0.15, 0.2) is 0 Å². The lowest BCUT2D eigenvalue weighted by Crippen LogP contribution is -2.45. The van der Waals surface area contributed by atoms with Gasteiger partial charge in [-0.1, -0.05) is 18.2 Å². The van der Waals surface area contributed by atoms with Crippen LogP contribution in [0.1, 0.15) is 23.7 Å². The quantitative estimate of drug-likeness (QED) is 0.801. The number of anilines is 2. The summed E-state index contributed by atoms with van der Waals surface area (Å²) in [6, 6.07) is 12.2. The number of likely N-dealkylation sites (N-methyl/N-ethyl adjacent to an activating group) is 1. The number of hydrogen-bond acceptors (Lipinski definition) is 4. The lowest BCUT2D eigenvalue weighted by Gasteiger charge is -2.36. The highest BCUT2D eigenvalue weighted by atomic mass is 19.4. The van der Waals surface area contributed by atoms with Crippen LogP contribution in [0, 0.1) is 5.92 Å². The number of halogens is 3. The lowest BCUT2D eigenvalue weighted by atomic mass is 9.92. The summed E-state index contributed by atoms with van der Waals surface area (Å²) in [6.45, 7) is 3.90. The third-order valence-electron chi connectivity index (χ3n) is 6.23. The molecule has 1 amide bonds. The summed E-state index contributed by atoms with van der Waals surface area (Å²) in [6.07, 6.45) is -4.94. The van der Waals surface area contributed by atoms with E-state index in [1.54, 1.807) is 0 Å². The van der Waals surface area contributed by atoms with Gasteiger partial charge in [-0.05, 0) is 43.8 Å². The minimum atomic E-state index is -4.42. The largest absolute Gasteiger partial charge is 0.416 e. The summed E-state index contributed by atoms with van der Waals surface area (Å²) in [5, 5.41) is 11.1. The van der Waals surface area contributed by atoms with Crippen LogP contribution in [0.2, 0.25) is 0 Å². The van der Waals surface area contributed by atoms with E-state index in [4.69, 9.17) is 0 Å². The van der Waals surface area contributed by atoms with Crippen molar-refractivity contribution in [2.24, 2.45) is 5.92 Å². The number of carbonyl (C=O) groups excluding carboxylic acids is 1. The zero-order valence-electron chi connectivity index (χ0n) is 17.3. The minimum Gasteiger partial charge on any atom is -0.388 e. The lowest BCUT2D eigenvalue weighted by molar-refractivity contribution is -0.137. The maximum absolute atomic E-state index is 13.1. The highest BCUT2D eigenvalue weighted by molar-refractivity contribution is 5.97. The molecule has 31 heavy (non-hydrogen) atoms. The third kappa shape index (κ3) is 4.41. The summed E-state index contributed by atoms with van der Waals surface area (Å²) in [7, 11) is 2.07. The predicted molar refractivity (Wildman–Crippen MR) is 113 cm³/mol. The van der Waals surface area contributed by atoms with Gasteiger partial charge in [0.25, 0.3) is 0 Å². The Hall–Kier alpha value is -2.58. The van der Waals surface area contributed by atoms with Gasteiger partial charge in [0.05, 0.1) is 17.6 Å². The van der Waals surface area contributed by atoms with Crippen molar-refractivity contribution in [1.82, 2.24) is 4.90 Å². The van der Waals surface area contributed by atoms with Gasteiger partial charge in [0, 0.05) is 49.7 Å². The van der Waals surface area contributed by atoms with Crippen molar-refractivity contribution >= 4 is 17.3 Å². The Labute approximate surface area is 179 Å². The summed E-state index contributed by atoms with van der Waals surface area (Å²) < 4.78 is 38.5. The molecule has 2 heterocycles. The van der Waals surface area contributed by atoms with E-state index in [-0.39, 0.29) is 5.91 Å². The summed E-state index contributed by atoms with van der Waals surface area (Å²) in [4.78, 5) is 19.0. The molecule has 2 aromatic rings. The molecule has 2 atom stereocenters. The highest BCUT2D eigenvalue weighted by Gasteiger charge is 2.39. The number of carbonyl (C=O) groups is 1. The van der Waals surface area contributed by atoms with Gasteiger partial charge >= 0.3 is 6.18 Å². The molecule has 0 spiro atoms. The second-order valence-electron chi connectivity index (χ2n) is 8.22. The van der Waals surface area contributed by atoms with Crippen LogP contribution in [0.5, 0.6) is 0 Å². The fourth-order valence-electron chi connectivity index (χ4n) is 4.37. The highest BCUT2D eigenvalue weighted by Crippen LogP contribution is 2.38. The molecule has 2 aliphatic heterocycles. The van der Waals surface area contributed by atoms with E-state index in [1.165, 1.54) is 17.0 Å². The Bertz CT molecular complexity index is 924. The van der Waals surface area contributed by atoms with Crippen LogP contribution in [0.4, 0.5) is 24.5 Å². The van der Waals surface area contributed by atoms with E-state index in [0.717, 1.165) is 49.6 Å². The van der Waals surface area contributed by atoms with Crippen LogP contribution in [0.15, 0.2) is 48.5 Å². The smallest absolute Gasteiger partial charge is 0.388 e. The van der Waals surface area contributed by atoms with Crippen LogP contribution in [-0.4, -0.2) is 55.7 Å². The Kier molecular flexibility index (Phi) is 5.94. The molecule has 0 saturated carbocycles. The summed E-state index contributed by atoms with van der Waals surface area (Å²) in [5.41, 5.74) is 1.32. The van der Waals surface area contributed by atoms with E-state index >= 15 is 0 Å². The van der Waals surface area contributed by atoms with Gasteiger partial charge in [-0.15, -0.1) is 0 Å². The molecule has 5 nitrogen and oxygen atoms in total. The van der Waals surface area contributed by atoms with Gasteiger partial charge in [-0.2, -0.15) is 13.2 Å². The fourth-order valence-corrected chi connectivity index (χ4v) is 4.37. The summed E-state index contributed by atoms with van der Waals surface area (Å²) >= 11 is 0. The number of hydrogen-bond donors (Lipinski definition) is 1. The molecule has 2 unspecified atom stereocenters. The second kappa shape index (κ2) is 8.51. The molecule has 0 aliphatic carbocycles.